The van der Waals surface area contributed by atoms with Crippen LogP contribution in [0.15, 0.2) is 113 Å². The summed E-state index contributed by atoms with van der Waals surface area (Å²) in [6.45, 7) is 0. The van der Waals surface area contributed by atoms with Gasteiger partial charge in [0.15, 0.2) is 10.9 Å². The summed E-state index contributed by atoms with van der Waals surface area (Å²) in [5, 5.41) is 7.40. The van der Waals surface area contributed by atoms with Crippen LogP contribution in [0.2, 0.25) is 5.02 Å². The highest BCUT2D eigenvalue weighted by atomic mass is 35.5. The monoisotopic (exact) mass is 575 g/mol. The molecule has 8 nitrogen and oxygen atoms in total. The molecular weight excluding hydrogens is 554 g/mol. The van der Waals surface area contributed by atoms with Crippen molar-refractivity contribution in [3.05, 3.63) is 119 Å². The summed E-state index contributed by atoms with van der Waals surface area (Å²) >= 11 is 7.35. The minimum atomic E-state index is -3.72. The van der Waals surface area contributed by atoms with Gasteiger partial charge in [-0.3, -0.25) is 9.52 Å². The summed E-state index contributed by atoms with van der Waals surface area (Å²) in [5.74, 6) is -0.187. The van der Waals surface area contributed by atoms with Crippen molar-refractivity contribution >= 4 is 66.2 Å². The number of rotatable bonds is 8. The Bertz CT molecular complexity index is 1850. The van der Waals surface area contributed by atoms with Crippen LogP contribution in [0.3, 0.4) is 0 Å². The van der Waals surface area contributed by atoms with Gasteiger partial charge in [-0.25, -0.2) is 18.4 Å². The molecule has 5 aromatic rings. The summed E-state index contributed by atoms with van der Waals surface area (Å²) in [5.41, 5.74) is 2.83. The summed E-state index contributed by atoms with van der Waals surface area (Å²) in [4.78, 5) is 21.4. The molecule has 0 saturated carbocycles. The molecule has 0 bridgehead atoms. The van der Waals surface area contributed by atoms with Gasteiger partial charge in [-0.1, -0.05) is 11.6 Å². The van der Waals surface area contributed by atoms with Crippen LogP contribution in [0.25, 0.3) is 10.9 Å². The molecule has 0 spiro atoms. The van der Waals surface area contributed by atoms with Crippen molar-refractivity contribution in [2.75, 3.05) is 10.0 Å². The molecule has 11 heteroatoms. The number of nitrogens with one attached hydrogen (secondary N) is 2. The van der Waals surface area contributed by atoms with Gasteiger partial charge in [-0.05, 0) is 72.8 Å². The zero-order valence-corrected chi connectivity index (χ0v) is 23.0. The number of carbonyl (C=O) groups excluding carboxylic acids is 1. The van der Waals surface area contributed by atoms with Crippen LogP contribution >= 0.6 is 22.9 Å². The lowest BCUT2D eigenvalue weighted by atomic mass is 10.1. The Morgan fingerprint density at radius 2 is 1.82 bits per heavy atom. The van der Waals surface area contributed by atoms with E-state index in [1.54, 1.807) is 41.8 Å². The first-order valence-corrected chi connectivity index (χ1v) is 14.4. The van der Waals surface area contributed by atoms with Crippen molar-refractivity contribution in [3.8, 4) is 0 Å². The topological polar surface area (TPSA) is 105 Å². The van der Waals surface area contributed by atoms with Crippen molar-refractivity contribution in [1.82, 2.24) is 9.55 Å². The Morgan fingerprint density at radius 3 is 2.54 bits per heavy atom. The van der Waals surface area contributed by atoms with Crippen LogP contribution < -0.4 is 15.4 Å². The maximum absolute atomic E-state index is 12.6. The number of aromatic nitrogens is 2. The number of hydrogen-bond acceptors (Lipinski definition) is 7. The smallest absolute Gasteiger partial charge is 0.263 e. The zero-order valence-electron chi connectivity index (χ0n) is 20.6. The van der Waals surface area contributed by atoms with Gasteiger partial charge in [0.2, 0.25) is 0 Å². The molecule has 0 amide bonds. The molecule has 5 rings (SSSR count). The molecule has 0 radical (unpaired) electrons. The largest absolute Gasteiger partial charge is 0.362 e. The Labute approximate surface area is 234 Å². The lowest BCUT2D eigenvalue weighted by Crippen LogP contribution is -2.12. The van der Waals surface area contributed by atoms with Gasteiger partial charge in [0, 0.05) is 58.8 Å². The number of nitrogens with zero attached hydrogens (tertiary/aromatic N) is 3. The van der Waals surface area contributed by atoms with Crippen molar-refractivity contribution in [1.29, 1.82) is 0 Å². The van der Waals surface area contributed by atoms with Crippen LogP contribution in [0.1, 0.15) is 10.4 Å². The minimum Gasteiger partial charge on any atom is -0.362 e. The average molecular weight is 576 g/mol. The number of carbonyl (C=O) groups is 1. The molecule has 0 fully saturated rings. The SMILES string of the molecule is Cn1ccc(=Nc2ccc(C(=O)/C=C/Nc3ccc(S(=O)(=O)Nc4nccs4)cc3)cc2)c2ccc(Cl)cc21. The van der Waals surface area contributed by atoms with E-state index in [4.69, 9.17) is 16.6 Å². The summed E-state index contributed by atoms with van der Waals surface area (Å²) < 4.78 is 29.3. The first-order valence-electron chi connectivity index (χ1n) is 11.7. The normalized spacial score (nSPS) is 12.2. The zero-order chi connectivity index (χ0) is 27.4. The second-order valence-electron chi connectivity index (χ2n) is 8.44. The Morgan fingerprint density at radius 1 is 1.05 bits per heavy atom. The molecule has 39 heavy (non-hydrogen) atoms. The molecule has 0 unspecified atom stereocenters. The average Bonchev–Trinajstić information content (AvgIpc) is 3.43. The highest BCUT2D eigenvalue weighted by molar-refractivity contribution is 7.93. The van der Waals surface area contributed by atoms with E-state index in [1.807, 2.05) is 42.1 Å². The van der Waals surface area contributed by atoms with Crippen LogP contribution in [0.4, 0.5) is 16.5 Å². The van der Waals surface area contributed by atoms with E-state index in [1.165, 1.54) is 41.9 Å². The van der Waals surface area contributed by atoms with Gasteiger partial charge in [-0.2, -0.15) is 0 Å². The fraction of sp³-hybridized carbons (Fsp3) is 0.0357. The molecule has 196 valence electrons. The first kappa shape index (κ1) is 26.4. The maximum Gasteiger partial charge on any atom is 0.263 e. The van der Waals surface area contributed by atoms with Crippen molar-refractivity contribution in [2.45, 2.75) is 4.90 Å². The maximum atomic E-state index is 12.6. The predicted octanol–water partition coefficient (Wildman–Crippen LogP) is 6.13. The molecule has 0 aliphatic heterocycles. The number of anilines is 2. The molecular formula is C28H22ClN5O3S2. The highest BCUT2D eigenvalue weighted by Gasteiger charge is 2.15. The molecule has 3 aromatic carbocycles. The van der Waals surface area contributed by atoms with Crippen molar-refractivity contribution in [2.24, 2.45) is 12.0 Å². The van der Waals surface area contributed by atoms with Crippen LogP contribution in [0, 0.1) is 0 Å². The van der Waals surface area contributed by atoms with E-state index in [9.17, 15) is 13.2 Å². The van der Waals surface area contributed by atoms with E-state index in [0.29, 0.717) is 21.4 Å². The fourth-order valence-electron chi connectivity index (χ4n) is 3.79. The second-order valence-corrected chi connectivity index (χ2v) is 11.5. The third-order valence-corrected chi connectivity index (χ3v) is 8.18. The van der Waals surface area contributed by atoms with Gasteiger partial charge < -0.3 is 9.88 Å². The van der Waals surface area contributed by atoms with Crippen LogP contribution in [0.5, 0.6) is 0 Å². The number of hydrogen-bond donors (Lipinski definition) is 2. The van der Waals surface area contributed by atoms with E-state index < -0.39 is 10.0 Å². The Balaban J connectivity index is 1.24. The van der Waals surface area contributed by atoms with E-state index in [0.717, 1.165) is 21.9 Å². The van der Waals surface area contributed by atoms with Crippen LogP contribution in [-0.4, -0.2) is 23.8 Å². The number of ketones is 1. The quantitative estimate of drug-likeness (QED) is 0.171. The molecule has 0 atom stereocenters. The number of pyridine rings is 1. The summed E-state index contributed by atoms with van der Waals surface area (Å²) in [7, 11) is -1.77. The molecule has 2 N–H and O–H groups in total. The van der Waals surface area contributed by atoms with Gasteiger partial charge in [0.05, 0.1) is 21.5 Å². The number of fused-ring (bicyclic) bond motifs is 1. The molecule has 0 saturated heterocycles. The Hall–Kier alpha value is -4.25. The highest BCUT2D eigenvalue weighted by Crippen LogP contribution is 2.20. The second kappa shape index (κ2) is 11.2. The third kappa shape index (κ3) is 6.26. The van der Waals surface area contributed by atoms with Crippen molar-refractivity contribution in [3.63, 3.8) is 0 Å². The lowest BCUT2D eigenvalue weighted by molar-refractivity contribution is 0.104. The predicted molar refractivity (Wildman–Crippen MR) is 156 cm³/mol. The Kier molecular flexibility index (Phi) is 7.60. The minimum absolute atomic E-state index is 0.106. The van der Waals surface area contributed by atoms with Gasteiger partial charge in [0.25, 0.3) is 10.0 Å². The molecule has 2 aromatic heterocycles. The lowest BCUT2D eigenvalue weighted by Gasteiger charge is -2.06. The number of benzene rings is 3. The van der Waals surface area contributed by atoms with Gasteiger partial charge in [-0.15, -0.1) is 11.3 Å². The fourth-order valence-corrected chi connectivity index (χ4v) is 5.75. The molecule has 0 aliphatic carbocycles. The first-order chi connectivity index (χ1) is 18.8. The molecule has 0 aliphatic rings. The van der Waals surface area contributed by atoms with Crippen LogP contribution in [-0.2, 0) is 17.1 Å². The summed E-state index contributed by atoms with van der Waals surface area (Å²) in [6, 6.07) is 20.8. The van der Waals surface area contributed by atoms with Crippen molar-refractivity contribution < 1.29 is 13.2 Å². The van der Waals surface area contributed by atoms with E-state index in [2.05, 4.69) is 15.0 Å². The van der Waals surface area contributed by atoms with E-state index in [-0.39, 0.29) is 10.7 Å². The number of sulfonamides is 1. The third-order valence-electron chi connectivity index (χ3n) is 5.78. The molecule has 2 heterocycles. The standard InChI is InChI=1S/C28H22ClN5O3S2/c1-34-16-13-25(24-11-4-20(29)18-26(24)34)32-22-5-2-19(3-6-22)27(35)12-14-30-21-7-9-23(10-8-21)39(36,37)33-28-31-15-17-38-28/h2-18,30H,1H3,(H,31,33)/b14-12+,32-25?. The summed E-state index contributed by atoms with van der Waals surface area (Å²) in [6.07, 6.45) is 6.38. The number of aryl methyl sites for hydroxylation is 1. The number of thiazole rings is 1. The number of allylic oxidation sites excluding steroid dienone is 1. The number of halogens is 1. The van der Waals surface area contributed by atoms with E-state index >= 15 is 0 Å². The van der Waals surface area contributed by atoms with Gasteiger partial charge >= 0.3 is 0 Å². The van der Waals surface area contributed by atoms with Gasteiger partial charge in [0.1, 0.15) is 0 Å².